The minimum atomic E-state index is -1.03. The summed E-state index contributed by atoms with van der Waals surface area (Å²) in [6.07, 6.45) is 0. The fourth-order valence-electron chi connectivity index (χ4n) is 2.56. The van der Waals surface area contributed by atoms with E-state index in [1.807, 2.05) is 13.8 Å². The van der Waals surface area contributed by atoms with Crippen molar-refractivity contribution in [3.63, 3.8) is 0 Å². The molecule has 0 spiro atoms. The van der Waals surface area contributed by atoms with E-state index in [-0.39, 0.29) is 5.69 Å². The van der Waals surface area contributed by atoms with Crippen molar-refractivity contribution >= 4 is 34.7 Å². The summed E-state index contributed by atoms with van der Waals surface area (Å²) in [6, 6.07) is 11.3. The number of benzene rings is 2. The van der Waals surface area contributed by atoms with Gasteiger partial charge < -0.3 is 21.3 Å². The number of aromatic nitrogens is 2. The second-order valence-corrected chi connectivity index (χ2v) is 6.13. The van der Waals surface area contributed by atoms with Crippen molar-refractivity contribution in [3.05, 3.63) is 66.0 Å². The van der Waals surface area contributed by atoms with Crippen LogP contribution in [0, 0.1) is 18.6 Å². The highest BCUT2D eigenvalue weighted by Crippen LogP contribution is 2.20. The lowest BCUT2D eigenvalue weighted by molar-refractivity contribution is 0.262. The van der Waals surface area contributed by atoms with Gasteiger partial charge in [0.1, 0.15) is 17.5 Å². The number of urea groups is 1. The summed E-state index contributed by atoms with van der Waals surface area (Å²) in [7, 11) is 0. The minimum Gasteiger partial charge on any atom is -0.370 e. The lowest BCUT2D eigenvalue weighted by atomic mass is 10.2. The largest absolute Gasteiger partial charge is 0.370 e. The summed E-state index contributed by atoms with van der Waals surface area (Å²) in [5.74, 6) is 0.00377. The van der Waals surface area contributed by atoms with Gasteiger partial charge in [-0.25, -0.2) is 23.5 Å². The number of aryl methyl sites for hydroxylation is 1. The number of carbonyl (C=O) groups excluding carboxylic acids is 1. The van der Waals surface area contributed by atoms with Crippen LogP contribution >= 0.6 is 0 Å². The zero-order valence-electron chi connectivity index (χ0n) is 15.9. The SMILES string of the molecule is CCNc1cc(Nc2ccc(NC(=O)Nc3ccc(F)c(F)c3)cc2)nc(C)n1. The van der Waals surface area contributed by atoms with Gasteiger partial charge in [0.25, 0.3) is 0 Å². The van der Waals surface area contributed by atoms with Crippen LogP contribution in [0.5, 0.6) is 0 Å². The predicted octanol–water partition coefficient (Wildman–Crippen LogP) is 4.88. The van der Waals surface area contributed by atoms with E-state index in [0.29, 0.717) is 17.3 Å². The Morgan fingerprint density at radius 1 is 0.862 bits per heavy atom. The van der Waals surface area contributed by atoms with E-state index in [4.69, 9.17) is 0 Å². The highest BCUT2D eigenvalue weighted by atomic mass is 19.2. The molecule has 0 aliphatic heterocycles. The van der Waals surface area contributed by atoms with Gasteiger partial charge in [0.15, 0.2) is 11.6 Å². The Labute approximate surface area is 166 Å². The van der Waals surface area contributed by atoms with Gasteiger partial charge in [0.05, 0.1) is 0 Å². The van der Waals surface area contributed by atoms with Crippen LogP contribution in [0.3, 0.4) is 0 Å². The van der Waals surface area contributed by atoms with Gasteiger partial charge in [-0.15, -0.1) is 0 Å². The zero-order chi connectivity index (χ0) is 20.8. The predicted molar refractivity (Wildman–Crippen MR) is 110 cm³/mol. The molecule has 0 unspecified atom stereocenters. The number of amides is 2. The highest BCUT2D eigenvalue weighted by Gasteiger charge is 2.07. The zero-order valence-corrected chi connectivity index (χ0v) is 15.9. The second kappa shape index (κ2) is 8.96. The van der Waals surface area contributed by atoms with E-state index < -0.39 is 17.7 Å². The number of rotatable bonds is 6. The minimum absolute atomic E-state index is 0.148. The van der Waals surface area contributed by atoms with Crippen molar-refractivity contribution in [3.8, 4) is 0 Å². The van der Waals surface area contributed by atoms with Gasteiger partial charge in [-0.1, -0.05) is 0 Å². The lowest BCUT2D eigenvalue weighted by Gasteiger charge is -2.11. The molecular weight excluding hydrogens is 378 g/mol. The summed E-state index contributed by atoms with van der Waals surface area (Å²) >= 11 is 0. The van der Waals surface area contributed by atoms with Crippen LogP contribution in [0.1, 0.15) is 12.7 Å². The van der Waals surface area contributed by atoms with Crippen LogP contribution in [0.2, 0.25) is 0 Å². The number of anilines is 5. The fourth-order valence-corrected chi connectivity index (χ4v) is 2.56. The van der Waals surface area contributed by atoms with Gasteiger partial charge in [0, 0.05) is 35.7 Å². The van der Waals surface area contributed by atoms with E-state index in [0.717, 1.165) is 30.2 Å². The molecular formula is C20H20F2N6O. The maximum absolute atomic E-state index is 13.2. The van der Waals surface area contributed by atoms with Crippen LogP contribution in [-0.2, 0) is 0 Å². The molecule has 3 rings (SSSR count). The molecule has 0 aliphatic rings. The van der Waals surface area contributed by atoms with Gasteiger partial charge in [-0.05, 0) is 50.2 Å². The quantitative estimate of drug-likeness (QED) is 0.475. The van der Waals surface area contributed by atoms with Crippen molar-refractivity contribution in [2.24, 2.45) is 0 Å². The monoisotopic (exact) mass is 398 g/mol. The van der Waals surface area contributed by atoms with Crippen molar-refractivity contribution in [1.82, 2.24) is 9.97 Å². The highest BCUT2D eigenvalue weighted by molar-refractivity contribution is 5.99. The molecule has 9 heteroatoms. The Balaban J connectivity index is 1.61. The normalized spacial score (nSPS) is 10.3. The maximum atomic E-state index is 13.2. The van der Waals surface area contributed by atoms with Crippen LogP contribution in [0.4, 0.5) is 42.3 Å². The number of hydrogen-bond acceptors (Lipinski definition) is 5. The molecule has 0 radical (unpaired) electrons. The van der Waals surface area contributed by atoms with E-state index in [2.05, 4.69) is 31.2 Å². The molecule has 7 nitrogen and oxygen atoms in total. The van der Waals surface area contributed by atoms with Crippen molar-refractivity contribution in [1.29, 1.82) is 0 Å². The second-order valence-electron chi connectivity index (χ2n) is 6.13. The summed E-state index contributed by atoms with van der Waals surface area (Å²) in [5.41, 5.74) is 1.45. The first-order valence-corrected chi connectivity index (χ1v) is 8.92. The van der Waals surface area contributed by atoms with Crippen LogP contribution < -0.4 is 21.3 Å². The Morgan fingerprint density at radius 2 is 1.48 bits per heavy atom. The fraction of sp³-hybridized carbons (Fsp3) is 0.150. The Bertz CT molecular complexity index is 1010. The molecule has 0 fully saturated rings. The standard InChI is InChI=1S/C20H20F2N6O/c1-3-23-18-11-19(25-12(2)24-18)26-13-4-6-14(7-5-13)27-20(29)28-15-8-9-16(21)17(22)10-15/h4-11H,3H2,1-2H3,(H2,27,28,29)(H2,23,24,25,26). The molecule has 150 valence electrons. The topological polar surface area (TPSA) is 91.0 Å². The first-order valence-electron chi connectivity index (χ1n) is 8.92. The summed E-state index contributed by atoms with van der Waals surface area (Å²) in [6.45, 7) is 4.55. The van der Waals surface area contributed by atoms with Crippen molar-refractivity contribution < 1.29 is 13.6 Å². The molecule has 0 atom stereocenters. The summed E-state index contributed by atoms with van der Waals surface area (Å²) < 4.78 is 26.1. The molecule has 0 bridgehead atoms. The molecule has 2 amide bonds. The third kappa shape index (κ3) is 5.61. The summed E-state index contributed by atoms with van der Waals surface area (Å²) in [4.78, 5) is 20.7. The molecule has 1 aromatic heterocycles. The molecule has 0 saturated heterocycles. The third-order valence-corrected chi connectivity index (χ3v) is 3.79. The first kappa shape index (κ1) is 20.0. The smallest absolute Gasteiger partial charge is 0.323 e. The Morgan fingerprint density at radius 3 is 2.17 bits per heavy atom. The number of carbonyl (C=O) groups is 1. The van der Waals surface area contributed by atoms with Gasteiger partial charge in [-0.2, -0.15) is 0 Å². The maximum Gasteiger partial charge on any atom is 0.323 e. The van der Waals surface area contributed by atoms with Crippen molar-refractivity contribution in [2.45, 2.75) is 13.8 Å². The molecule has 4 N–H and O–H groups in total. The molecule has 2 aromatic carbocycles. The average Bonchev–Trinajstić information content (AvgIpc) is 2.66. The number of nitrogens with zero attached hydrogens (tertiary/aromatic N) is 2. The lowest BCUT2D eigenvalue weighted by Crippen LogP contribution is -2.19. The van der Waals surface area contributed by atoms with Crippen LogP contribution in [-0.4, -0.2) is 22.5 Å². The molecule has 29 heavy (non-hydrogen) atoms. The van der Waals surface area contributed by atoms with Gasteiger partial charge >= 0.3 is 6.03 Å². The number of hydrogen-bond donors (Lipinski definition) is 4. The molecule has 1 heterocycles. The third-order valence-electron chi connectivity index (χ3n) is 3.79. The average molecular weight is 398 g/mol. The van der Waals surface area contributed by atoms with Gasteiger partial charge in [-0.3, -0.25) is 0 Å². The van der Waals surface area contributed by atoms with E-state index >= 15 is 0 Å². The summed E-state index contributed by atoms with van der Waals surface area (Å²) in [5, 5.41) is 11.4. The number of nitrogens with one attached hydrogen (secondary N) is 4. The molecule has 0 saturated carbocycles. The Hall–Kier alpha value is -3.75. The number of halogens is 2. The van der Waals surface area contributed by atoms with E-state index in [1.54, 1.807) is 30.3 Å². The van der Waals surface area contributed by atoms with Crippen molar-refractivity contribution in [2.75, 3.05) is 27.8 Å². The molecule has 3 aromatic rings. The van der Waals surface area contributed by atoms with E-state index in [9.17, 15) is 13.6 Å². The van der Waals surface area contributed by atoms with Crippen LogP contribution in [0.15, 0.2) is 48.5 Å². The Kier molecular flexibility index (Phi) is 6.18. The first-order chi connectivity index (χ1) is 13.9. The van der Waals surface area contributed by atoms with Crippen LogP contribution in [0.25, 0.3) is 0 Å². The van der Waals surface area contributed by atoms with Gasteiger partial charge in [0.2, 0.25) is 0 Å². The van der Waals surface area contributed by atoms with E-state index in [1.165, 1.54) is 6.07 Å². The molecule has 0 aliphatic carbocycles.